The summed E-state index contributed by atoms with van der Waals surface area (Å²) in [4.78, 5) is 2.59. The van der Waals surface area contributed by atoms with Gasteiger partial charge in [0.1, 0.15) is 0 Å². The van der Waals surface area contributed by atoms with E-state index < -0.39 is 0 Å². The predicted molar refractivity (Wildman–Crippen MR) is 97.8 cm³/mol. The summed E-state index contributed by atoms with van der Waals surface area (Å²) < 4.78 is 0.782. The minimum absolute atomic E-state index is 0.628. The van der Waals surface area contributed by atoms with Crippen molar-refractivity contribution in [2.75, 3.05) is 4.90 Å². The number of alkyl halides is 1. The highest BCUT2D eigenvalue weighted by Crippen LogP contribution is 2.52. The van der Waals surface area contributed by atoms with Gasteiger partial charge in [-0.15, -0.1) is 0 Å². The highest BCUT2D eigenvalue weighted by atomic mass is 127. The lowest BCUT2D eigenvalue weighted by Gasteiger charge is -2.38. The van der Waals surface area contributed by atoms with Crippen LogP contribution in [-0.2, 0) is 0 Å². The number of benzene rings is 2. The van der Waals surface area contributed by atoms with Gasteiger partial charge in [0.25, 0.3) is 0 Å². The molecular weight excluding hydrogens is 369 g/mol. The van der Waals surface area contributed by atoms with Crippen molar-refractivity contribution in [3.05, 3.63) is 60.2 Å². The summed E-state index contributed by atoms with van der Waals surface area (Å²) in [7, 11) is 0. The van der Waals surface area contributed by atoms with E-state index in [9.17, 15) is 0 Å². The van der Waals surface area contributed by atoms with Gasteiger partial charge in [-0.25, -0.2) is 0 Å². The van der Waals surface area contributed by atoms with Gasteiger partial charge >= 0.3 is 0 Å². The molecule has 1 fully saturated rings. The maximum atomic E-state index is 2.66. The van der Waals surface area contributed by atoms with Gasteiger partial charge in [0.15, 0.2) is 0 Å². The molecule has 1 nitrogen and oxygen atoms in total. The molecule has 2 aromatic rings. The van der Waals surface area contributed by atoms with Crippen molar-refractivity contribution in [2.24, 2.45) is 5.92 Å². The first-order valence-electron chi connectivity index (χ1n) is 7.83. The fourth-order valence-corrected chi connectivity index (χ4v) is 4.89. The first-order valence-corrected chi connectivity index (χ1v) is 9.07. The van der Waals surface area contributed by atoms with E-state index in [2.05, 4.69) is 89.0 Å². The van der Waals surface area contributed by atoms with Crippen molar-refractivity contribution in [2.45, 2.75) is 35.6 Å². The summed E-state index contributed by atoms with van der Waals surface area (Å²) in [6, 6.07) is 20.6. The van der Waals surface area contributed by atoms with E-state index >= 15 is 0 Å². The summed E-state index contributed by atoms with van der Waals surface area (Å²) in [5.74, 6) is 1.51. The zero-order valence-electron chi connectivity index (χ0n) is 12.2. The van der Waals surface area contributed by atoms with Gasteiger partial charge in [0.05, 0.1) is 0 Å². The molecule has 2 aromatic carbocycles. The highest BCUT2D eigenvalue weighted by molar-refractivity contribution is 14.1. The van der Waals surface area contributed by atoms with Crippen molar-refractivity contribution < 1.29 is 0 Å². The molecule has 1 heterocycles. The Morgan fingerprint density at radius 2 is 1.67 bits per heavy atom. The van der Waals surface area contributed by atoms with E-state index in [1.165, 1.54) is 24.2 Å². The van der Waals surface area contributed by atoms with Gasteiger partial charge in [-0.05, 0) is 42.5 Å². The van der Waals surface area contributed by atoms with E-state index in [-0.39, 0.29) is 0 Å². The molecule has 0 spiro atoms. The standard InChI is InChI=1S/C19H20IN/c1-13-11-16-15-9-5-6-10-18(15)21(19(16)12-17(13)20)14-7-3-2-4-8-14/h2-10,13,16-17,19H,11-12H2,1H3. The van der Waals surface area contributed by atoms with E-state index in [4.69, 9.17) is 0 Å². The van der Waals surface area contributed by atoms with Crippen LogP contribution in [0.4, 0.5) is 11.4 Å². The Kier molecular flexibility index (Phi) is 3.44. The Hall–Kier alpha value is -1.03. The van der Waals surface area contributed by atoms with Crippen LogP contribution in [0.25, 0.3) is 0 Å². The molecule has 4 unspecified atom stereocenters. The molecule has 1 aliphatic heterocycles. The number of rotatable bonds is 1. The van der Waals surface area contributed by atoms with Crippen molar-refractivity contribution >= 4 is 34.0 Å². The number of anilines is 2. The summed E-state index contributed by atoms with van der Waals surface area (Å²) >= 11 is 2.66. The maximum Gasteiger partial charge on any atom is 0.0449 e. The Morgan fingerprint density at radius 3 is 2.48 bits per heavy atom. The van der Waals surface area contributed by atoms with Crippen molar-refractivity contribution in [3.8, 4) is 0 Å². The molecular formula is C19H20IN. The number of fused-ring (bicyclic) bond motifs is 3. The Bertz CT molecular complexity index is 639. The van der Waals surface area contributed by atoms with Crippen LogP contribution in [0, 0.1) is 5.92 Å². The van der Waals surface area contributed by atoms with Gasteiger partial charge in [0.2, 0.25) is 0 Å². The molecule has 2 heteroatoms. The normalized spacial score (nSPS) is 30.9. The van der Waals surface area contributed by atoms with E-state index in [0.29, 0.717) is 12.0 Å². The van der Waals surface area contributed by atoms with Crippen LogP contribution >= 0.6 is 22.6 Å². The summed E-state index contributed by atoms with van der Waals surface area (Å²) in [6.07, 6.45) is 2.61. The van der Waals surface area contributed by atoms with E-state index in [0.717, 1.165) is 9.84 Å². The number of hydrogen-bond acceptors (Lipinski definition) is 1. The molecule has 0 amide bonds. The lowest BCUT2D eigenvalue weighted by molar-refractivity contribution is 0.337. The average molecular weight is 389 g/mol. The van der Waals surface area contributed by atoms with Crippen LogP contribution in [0.2, 0.25) is 0 Å². The fourth-order valence-electron chi connectivity index (χ4n) is 4.07. The zero-order valence-corrected chi connectivity index (χ0v) is 14.4. The minimum Gasteiger partial charge on any atom is -0.337 e. The lowest BCUT2D eigenvalue weighted by Crippen LogP contribution is -2.39. The first-order chi connectivity index (χ1) is 10.3. The molecule has 2 aliphatic rings. The first kappa shape index (κ1) is 13.6. The predicted octanol–water partition coefficient (Wildman–Crippen LogP) is 5.52. The zero-order chi connectivity index (χ0) is 14.4. The van der Waals surface area contributed by atoms with Crippen molar-refractivity contribution in [1.82, 2.24) is 0 Å². The van der Waals surface area contributed by atoms with Gasteiger partial charge in [-0.1, -0.05) is 65.9 Å². The minimum atomic E-state index is 0.628. The van der Waals surface area contributed by atoms with Crippen molar-refractivity contribution in [3.63, 3.8) is 0 Å². The monoisotopic (exact) mass is 389 g/mol. The summed E-state index contributed by atoms with van der Waals surface area (Å²) in [6.45, 7) is 2.42. The number of halogens is 1. The molecule has 0 N–H and O–H groups in total. The van der Waals surface area contributed by atoms with Gasteiger partial charge < -0.3 is 4.90 Å². The Morgan fingerprint density at radius 1 is 0.952 bits per heavy atom. The van der Waals surface area contributed by atoms with Crippen molar-refractivity contribution in [1.29, 1.82) is 0 Å². The summed E-state index contributed by atoms with van der Waals surface area (Å²) in [5.41, 5.74) is 4.33. The second kappa shape index (κ2) is 5.31. The molecule has 0 bridgehead atoms. The fraction of sp³-hybridized carbons (Fsp3) is 0.368. The highest BCUT2D eigenvalue weighted by Gasteiger charge is 2.44. The number of hydrogen-bond donors (Lipinski definition) is 0. The molecule has 1 aliphatic carbocycles. The molecule has 0 radical (unpaired) electrons. The number of para-hydroxylation sites is 2. The van der Waals surface area contributed by atoms with Crippen LogP contribution in [0.3, 0.4) is 0 Å². The smallest absolute Gasteiger partial charge is 0.0449 e. The third kappa shape index (κ3) is 2.19. The third-order valence-electron chi connectivity index (χ3n) is 5.14. The summed E-state index contributed by atoms with van der Waals surface area (Å²) in [5, 5.41) is 0. The van der Waals surface area contributed by atoms with Gasteiger partial charge in [-0.3, -0.25) is 0 Å². The molecule has 4 atom stereocenters. The second-order valence-corrected chi connectivity index (χ2v) is 8.00. The Labute approximate surface area is 140 Å². The Balaban J connectivity index is 1.82. The lowest BCUT2D eigenvalue weighted by atomic mass is 9.77. The molecule has 0 aromatic heterocycles. The maximum absolute atomic E-state index is 2.66. The molecule has 21 heavy (non-hydrogen) atoms. The molecule has 1 saturated carbocycles. The largest absolute Gasteiger partial charge is 0.337 e. The van der Waals surface area contributed by atoms with Crippen LogP contribution in [0.1, 0.15) is 31.2 Å². The van der Waals surface area contributed by atoms with Crippen LogP contribution < -0.4 is 4.90 Å². The van der Waals surface area contributed by atoms with Crippen LogP contribution in [-0.4, -0.2) is 9.97 Å². The topological polar surface area (TPSA) is 3.24 Å². The molecule has 108 valence electrons. The average Bonchev–Trinajstić information content (AvgIpc) is 2.82. The van der Waals surface area contributed by atoms with E-state index in [1.54, 1.807) is 5.56 Å². The molecule has 4 rings (SSSR count). The van der Waals surface area contributed by atoms with Gasteiger partial charge in [0, 0.05) is 27.3 Å². The molecule has 0 saturated heterocycles. The quantitative estimate of drug-likeness (QED) is 0.458. The van der Waals surface area contributed by atoms with E-state index in [1.807, 2.05) is 0 Å². The number of nitrogens with zero attached hydrogens (tertiary/aromatic N) is 1. The SMILES string of the molecule is CC1CC2c3ccccc3N(c3ccccc3)C2CC1I. The second-order valence-electron chi connectivity index (χ2n) is 6.40. The third-order valence-corrected chi connectivity index (χ3v) is 6.87. The van der Waals surface area contributed by atoms with Crippen LogP contribution in [0.5, 0.6) is 0 Å². The van der Waals surface area contributed by atoms with Gasteiger partial charge in [-0.2, -0.15) is 0 Å². The van der Waals surface area contributed by atoms with Crippen LogP contribution in [0.15, 0.2) is 54.6 Å².